The van der Waals surface area contributed by atoms with Crippen LogP contribution in [0.25, 0.3) is 0 Å². The van der Waals surface area contributed by atoms with Crippen LogP contribution in [0.5, 0.6) is 11.5 Å². The molecule has 1 unspecified atom stereocenters. The molecule has 2 N–H and O–H groups in total. The van der Waals surface area contributed by atoms with E-state index < -0.39 is 10.8 Å². The van der Waals surface area contributed by atoms with Crippen molar-refractivity contribution >= 4 is 32.4 Å². The molecule has 2 aromatic rings. The molecule has 3 rings (SSSR count). The monoisotopic (exact) mass is 367 g/mol. The molecule has 1 heterocycles. The maximum absolute atomic E-state index is 12.4. The molecule has 0 fully saturated rings. The van der Waals surface area contributed by atoms with Gasteiger partial charge in [-0.1, -0.05) is 15.9 Å². The van der Waals surface area contributed by atoms with E-state index in [4.69, 9.17) is 15.2 Å². The van der Waals surface area contributed by atoms with Gasteiger partial charge < -0.3 is 15.2 Å². The minimum atomic E-state index is -1.15. The minimum absolute atomic E-state index is 0.351. The van der Waals surface area contributed by atoms with E-state index >= 15 is 0 Å². The number of benzene rings is 2. The number of hydrogen-bond acceptors (Lipinski definition) is 4. The normalized spacial score (nSPS) is 14.7. The van der Waals surface area contributed by atoms with Gasteiger partial charge >= 0.3 is 0 Å². The molecule has 1 aliphatic rings. The van der Waals surface area contributed by atoms with E-state index in [1.165, 1.54) is 0 Å². The average molecular weight is 368 g/mol. The first-order chi connectivity index (χ1) is 10.1. The Bertz CT molecular complexity index is 688. The summed E-state index contributed by atoms with van der Waals surface area (Å²) in [5.41, 5.74) is 7.40. The van der Waals surface area contributed by atoms with Crippen molar-refractivity contribution < 1.29 is 13.7 Å². The van der Waals surface area contributed by atoms with E-state index in [0.717, 1.165) is 14.9 Å². The third-order valence-corrected chi connectivity index (χ3v) is 5.07. The van der Waals surface area contributed by atoms with E-state index in [-0.39, 0.29) is 0 Å². The molecule has 0 saturated carbocycles. The molecule has 0 saturated heterocycles. The van der Waals surface area contributed by atoms with E-state index in [1.807, 2.05) is 30.3 Å². The van der Waals surface area contributed by atoms with Crippen LogP contribution >= 0.6 is 15.9 Å². The standard InChI is InChI=1S/C15H14BrNO3S/c16-11-1-3-12(4-2-11)21(18)9-10-7-14-15(8-13(10)17)20-6-5-19-14/h1-4,7-8H,5-6,9,17H2. The van der Waals surface area contributed by atoms with Crippen molar-refractivity contribution in [3.63, 3.8) is 0 Å². The lowest BCUT2D eigenvalue weighted by molar-refractivity contribution is 0.171. The fraction of sp³-hybridized carbons (Fsp3) is 0.200. The van der Waals surface area contributed by atoms with Gasteiger partial charge in [-0.3, -0.25) is 4.21 Å². The molecule has 0 spiro atoms. The Balaban J connectivity index is 1.84. The van der Waals surface area contributed by atoms with Crippen LogP contribution in [0.4, 0.5) is 5.69 Å². The number of nitrogens with two attached hydrogens (primary N) is 1. The lowest BCUT2D eigenvalue weighted by atomic mass is 10.2. The molecule has 110 valence electrons. The summed E-state index contributed by atoms with van der Waals surface area (Å²) >= 11 is 3.36. The molecule has 0 amide bonds. The van der Waals surface area contributed by atoms with Gasteiger partial charge in [-0.05, 0) is 35.9 Å². The Kier molecular flexibility index (Phi) is 4.17. The number of rotatable bonds is 3. The highest BCUT2D eigenvalue weighted by molar-refractivity contribution is 9.10. The molecule has 1 aliphatic heterocycles. The van der Waals surface area contributed by atoms with Crippen molar-refractivity contribution in [2.24, 2.45) is 0 Å². The molecule has 0 radical (unpaired) electrons. The van der Waals surface area contributed by atoms with Crippen molar-refractivity contribution in [3.05, 3.63) is 46.4 Å². The first-order valence-electron chi connectivity index (χ1n) is 6.45. The second-order valence-corrected chi connectivity index (χ2v) is 7.01. The van der Waals surface area contributed by atoms with E-state index in [2.05, 4.69) is 15.9 Å². The highest BCUT2D eigenvalue weighted by atomic mass is 79.9. The topological polar surface area (TPSA) is 61.6 Å². The van der Waals surface area contributed by atoms with Crippen LogP contribution in [-0.4, -0.2) is 17.4 Å². The zero-order chi connectivity index (χ0) is 14.8. The number of halogens is 1. The Morgan fingerprint density at radius 1 is 1.10 bits per heavy atom. The van der Waals surface area contributed by atoms with E-state index in [1.54, 1.807) is 6.07 Å². The SMILES string of the molecule is Nc1cc2c(cc1CS(=O)c1ccc(Br)cc1)OCCO2. The summed E-state index contributed by atoms with van der Waals surface area (Å²) in [4.78, 5) is 0.771. The lowest BCUT2D eigenvalue weighted by Gasteiger charge is -2.20. The summed E-state index contributed by atoms with van der Waals surface area (Å²) in [6, 6.07) is 11.0. The number of nitrogen functional groups attached to an aromatic ring is 1. The summed E-state index contributed by atoms with van der Waals surface area (Å²) in [6.07, 6.45) is 0. The van der Waals surface area contributed by atoms with Crippen molar-refractivity contribution in [3.8, 4) is 11.5 Å². The van der Waals surface area contributed by atoms with Crippen molar-refractivity contribution in [2.75, 3.05) is 18.9 Å². The van der Waals surface area contributed by atoms with Crippen molar-refractivity contribution in [1.82, 2.24) is 0 Å². The molecule has 0 aromatic heterocycles. The number of anilines is 1. The molecule has 6 heteroatoms. The van der Waals surface area contributed by atoms with Gasteiger partial charge in [0.2, 0.25) is 0 Å². The van der Waals surface area contributed by atoms with Gasteiger partial charge in [0.05, 0.1) is 16.6 Å². The molecule has 2 aromatic carbocycles. The zero-order valence-electron chi connectivity index (χ0n) is 11.2. The molecule has 4 nitrogen and oxygen atoms in total. The molecule has 21 heavy (non-hydrogen) atoms. The highest BCUT2D eigenvalue weighted by Crippen LogP contribution is 2.35. The van der Waals surface area contributed by atoms with Crippen LogP contribution in [-0.2, 0) is 16.6 Å². The van der Waals surface area contributed by atoms with Crippen LogP contribution in [0, 0.1) is 0 Å². The summed E-state index contributed by atoms with van der Waals surface area (Å²) in [7, 11) is -1.15. The predicted octanol–water partition coefficient (Wildman–Crippen LogP) is 3.11. The molecular formula is C15H14BrNO3S. The second-order valence-electron chi connectivity index (χ2n) is 4.64. The number of ether oxygens (including phenoxy) is 2. The maximum Gasteiger partial charge on any atom is 0.163 e. The van der Waals surface area contributed by atoms with Crippen molar-refractivity contribution in [2.45, 2.75) is 10.6 Å². The molecule has 1 atom stereocenters. The van der Waals surface area contributed by atoms with Crippen LogP contribution < -0.4 is 15.2 Å². The zero-order valence-corrected chi connectivity index (χ0v) is 13.6. The fourth-order valence-corrected chi connectivity index (χ4v) is 3.49. The van der Waals surface area contributed by atoms with Crippen LogP contribution in [0.2, 0.25) is 0 Å². The molecular weight excluding hydrogens is 354 g/mol. The predicted molar refractivity (Wildman–Crippen MR) is 86.1 cm³/mol. The van der Waals surface area contributed by atoms with Gasteiger partial charge in [0.1, 0.15) is 13.2 Å². The van der Waals surface area contributed by atoms with Gasteiger partial charge in [0, 0.05) is 21.1 Å². The average Bonchev–Trinajstić information content (AvgIpc) is 2.48. The van der Waals surface area contributed by atoms with Crippen LogP contribution in [0.15, 0.2) is 45.8 Å². The molecule has 0 aliphatic carbocycles. The smallest absolute Gasteiger partial charge is 0.163 e. The number of hydrogen-bond donors (Lipinski definition) is 1. The summed E-state index contributed by atoms with van der Waals surface area (Å²) in [6.45, 7) is 1.04. The highest BCUT2D eigenvalue weighted by Gasteiger charge is 2.16. The quantitative estimate of drug-likeness (QED) is 0.846. The Hall–Kier alpha value is -1.53. The van der Waals surface area contributed by atoms with Gasteiger partial charge in [-0.25, -0.2) is 0 Å². The second kappa shape index (κ2) is 6.07. The Morgan fingerprint density at radius 2 is 1.71 bits per heavy atom. The van der Waals surface area contributed by atoms with Crippen molar-refractivity contribution in [1.29, 1.82) is 0 Å². The largest absolute Gasteiger partial charge is 0.486 e. The Labute approximate surface area is 133 Å². The first kappa shape index (κ1) is 14.4. The summed E-state index contributed by atoms with van der Waals surface area (Å²) in [5, 5.41) is 0. The first-order valence-corrected chi connectivity index (χ1v) is 8.56. The van der Waals surface area contributed by atoms with Gasteiger partial charge in [0.15, 0.2) is 11.5 Å². The number of fused-ring (bicyclic) bond motifs is 1. The summed E-state index contributed by atoms with van der Waals surface area (Å²) < 4.78 is 24.4. The van der Waals surface area contributed by atoms with E-state index in [9.17, 15) is 4.21 Å². The third kappa shape index (κ3) is 3.22. The minimum Gasteiger partial charge on any atom is -0.486 e. The van der Waals surface area contributed by atoms with Crippen LogP contribution in [0.3, 0.4) is 0 Å². The van der Waals surface area contributed by atoms with Gasteiger partial charge in [-0.15, -0.1) is 0 Å². The van der Waals surface area contributed by atoms with Gasteiger partial charge in [0.25, 0.3) is 0 Å². The third-order valence-electron chi connectivity index (χ3n) is 3.17. The van der Waals surface area contributed by atoms with Gasteiger partial charge in [-0.2, -0.15) is 0 Å². The van der Waals surface area contributed by atoms with E-state index in [0.29, 0.717) is 36.2 Å². The fourth-order valence-electron chi connectivity index (χ4n) is 2.08. The summed E-state index contributed by atoms with van der Waals surface area (Å²) in [5.74, 6) is 1.67. The van der Waals surface area contributed by atoms with Crippen LogP contribution in [0.1, 0.15) is 5.56 Å². The molecule has 0 bridgehead atoms. The maximum atomic E-state index is 12.4. The Morgan fingerprint density at radius 3 is 2.38 bits per heavy atom. The lowest BCUT2D eigenvalue weighted by Crippen LogP contribution is -2.16.